The quantitative estimate of drug-likeness (QED) is 0.520. The number of carbonyl (C=O) groups excluding carboxylic acids is 1. The van der Waals surface area contributed by atoms with Crippen molar-refractivity contribution in [1.29, 1.82) is 0 Å². The van der Waals surface area contributed by atoms with Crippen LogP contribution in [0.1, 0.15) is 5.82 Å². The molecule has 124 valence electrons. The van der Waals surface area contributed by atoms with Crippen LogP contribution < -0.4 is 10.6 Å². The van der Waals surface area contributed by atoms with Gasteiger partial charge in [-0.3, -0.25) is 5.10 Å². The number of nitrogens with zero attached hydrogens (tertiary/aromatic N) is 2. The number of hydrogen-bond donors (Lipinski definition) is 3. The minimum absolute atomic E-state index is 0.273. The zero-order chi connectivity index (χ0) is 17.1. The van der Waals surface area contributed by atoms with E-state index in [0.29, 0.717) is 11.6 Å². The molecule has 0 bridgehead atoms. The zero-order valence-corrected chi connectivity index (χ0v) is 14.0. The first kappa shape index (κ1) is 15.3. The standard InChI is InChI=1S/C18H15N5OS/c24-18(20-14-8-3-6-12-5-1-2-7-13(12)14)19-11-16-21-17(23-22-16)15-9-4-10-25-15/h1-10H,11H2,(H2,19,20,24)(H,21,22,23). The number of nitrogens with one attached hydrogen (secondary N) is 3. The number of carbonyl (C=O) groups is 1. The van der Waals surface area contributed by atoms with Crippen molar-refractivity contribution < 1.29 is 4.79 Å². The third-order valence-electron chi connectivity index (χ3n) is 3.73. The minimum atomic E-state index is -0.287. The number of thiophene rings is 1. The molecule has 0 radical (unpaired) electrons. The van der Waals surface area contributed by atoms with E-state index in [1.807, 2.05) is 60.0 Å². The molecule has 25 heavy (non-hydrogen) atoms. The van der Waals surface area contributed by atoms with Gasteiger partial charge in [-0.25, -0.2) is 9.78 Å². The van der Waals surface area contributed by atoms with Crippen molar-refractivity contribution in [3.8, 4) is 10.7 Å². The highest BCUT2D eigenvalue weighted by molar-refractivity contribution is 7.13. The summed E-state index contributed by atoms with van der Waals surface area (Å²) in [5, 5.41) is 16.7. The van der Waals surface area contributed by atoms with E-state index in [2.05, 4.69) is 25.8 Å². The molecule has 6 nitrogen and oxygen atoms in total. The van der Waals surface area contributed by atoms with E-state index in [-0.39, 0.29) is 12.6 Å². The number of H-pyrrole nitrogens is 1. The molecule has 2 aromatic carbocycles. The Labute approximate surface area is 147 Å². The predicted octanol–water partition coefficient (Wildman–Crippen LogP) is 4.01. The van der Waals surface area contributed by atoms with E-state index in [1.54, 1.807) is 11.3 Å². The fourth-order valence-electron chi connectivity index (χ4n) is 2.56. The molecule has 7 heteroatoms. The predicted molar refractivity (Wildman–Crippen MR) is 99.5 cm³/mol. The first-order valence-corrected chi connectivity index (χ1v) is 8.65. The Morgan fingerprint density at radius 2 is 1.96 bits per heavy atom. The number of aromatic amines is 1. The van der Waals surface area contributed by atoms with Crippen molar-refractivity contribution in [3.05, 3.63) is 65.8 Å². The highest BCUT2D eigenvalue weighted by Crippen LogP contribution is 2.23. The van der Waals surface area contributed by atoms with Crippen LogP contribution in [0.2, 0.25) is 0 Å². The molecule has 4 aromatic rings. The molecule has 0 atom stereocenters. The first-order valence-electron chi connectivity index (χ1n) is 7.77. The summed E-state index contributed by atoms with van der Waals surface area (Å²) in [6.07, 6.45) is 0. The molecule has 0 aliphatic heterocycles. The summed E-state index contributed by atoms with van der Waals surface area (Å²) in [6, 6.07) is 17.3. The number of urea groups is 1. The second-order valence-electron chi connectivity index (χ2n) is 5.42. The Kier molecular flexibility index (Phi) is 4.14. The van der Waals surface area contributed by atoms with E-state index >= 15 is 0 Å². The highest BCUT2D eigenvalue weighted by atomic mass is 32.1. The number of rotatable bonds is 4. The minimum Gasteiger partial charge on any atom is -0.331 e. The van der Waals surface area contributed by atoms with E-state index < -0.39 is 0 Å². The number of aromatic nitrogens is 3. The summed E-state index contributed by atoms with van der Waals surface area (Å²) < 4.78 is 0. The molecular formula is C18H15N5OS. The normalized spacial score (nSPS) is 10.7. The summed E-state index contributed by atoms with van der Waals surface area (Å²) in [7, 11) is 0. The van der Waals surface area contributed by atoms with Gasteiger partial charge in [0.15, 0.2) is 5.82 Å². The average Bonchev–Trinajstić information content (AvgIpc) is 3.32. The smallest absolute Gasteiger partial charge is 0.319 e. The monoisotopic (exact) mass is 349 g/mol. The average molecular weight is 349 g/mol. The maximum Gasteiger partial charge on any atom is 0.319 e. The molecule has 2 amide bonds. The van der Waals surface area contributed by atoms with Crippen LogP contribution >= 0.6 is 11.3 Å². The molecule has 3 N–H and O–H groups in total. The van der Waals surface area contributed by atoms with Gasteiger partial charge in [0.1, 0.15) is 5.82 Å². The van der Waals surface area contributed by atoms with Crippen LogP contribution in [0.25, 0.3) is 21.5 Å². The lowest BCUT2D eigenvalue weighted by Gasteiger charge is -2.09. The number of anilines is 1. The maximum atomic E-state index is 12.2. The molecule has 0 spiro atoms. The fraction of sp³-hybridized carbons (Fsp3) is 0.0556. The summed E-state index contributed by atoms with van der Waals surface area (Å²) in [6.45, 7) is 0.273. The number of fused-ring (bicyclic) bond motifs is 1. The molecule has 0 saturated carbocycles. The molecule has 0 fully saturated rings. The van der Waals surface area contributed by atoms with E-state index in [1.165, 1.54) is 0 Å². The number of amides is 2. The van der Waals surface area contributed by atoms with Gasteiger partial charge in [-0.1, -0.05) is 42.5 Å². The van der Waals surface area contributed by atoms with E-state index in [9.17, 15) is 4.79 Å². The molecule has 4 rings (SSSR count). The molecule has 0 aliphatic carbocycles. The van der Waals surface area contributed by atoms with Gasteiger partial charge in [-0.05, 0) is 22.9 Å². The second-order valence-corrected chi connectivity index (χ2v) is 6.37. The van der Waals surface area contributed by atoms with Crippen LogP contribution in [-0.2, 0) is 6.54 Å². The van der Waals surface area contributed by atoms with Gasteiger partial charge in [-0.2, -0.15) is 5.10 Å². The Hall–Kier alpha value is -3.19. The fourth-order valence-corrected chi connectivity index (χ4v) is 3.21. The summed E-state index contributed by atoms with van der Waals surface area (Å²) in [4.78, 5) is 17.6. The van der Waals surface area contributed by atoms with Crippen molar-refractivity contribution in [2.24, 2.45) is 0 Å². The van der Waals surface area contributed by atoms with Crippen LogP contribution in [0.5, 0.6) is 0 Å². The van der Waals surface area contributed by atoms with Gasteiger partial charge >= 0.3 is 6.03 Å². The van der Waals surface area contributed by atoms with Crippen molar-refractivity contribution in [1.82, 2.24) is 20.5 Å². The van der Waals surface area contributed by atoms with Crippen molar-refractivity contribution in [2.45, 2.75) is 6.54 Å². The van der Waals surface area contributed by atoms with Crippen LogP contribution in [0, 0.1) is 0 Å². The SMILES string of the molecule is O=C(NCc1nc(-c2cccs2)n[nH]1)Nc1cccc2ccccc12. The maximum absolute atomic E-state index is 12.2. The van der Waals surface area contributed by atoms with Crippen LogP contribution in [0.4, 0.5) is 10.5 Å². The third kappa shape index (κ3) is 3.36. The second kappa shape index (κ2) is 6.74. The van der Waals surface area contributed by atoms with Crippen LogP contribution in [0.15, 0.2) is 60.0 Å². The van der Waals surface area contributed by atoms with E-state index in [0.717, 1.165) is 21.3 Å². The molecule has 0 saturated heterocycles. The number of benzene rings is 2. The Morgan fingerprint density at radius 3 is 2.84 bits per heavy atom. The van der Waals surface area contributed by atoms with Gasteiger partial charge in [0, 0.05) is 5.39 Å². The van der Waals surface area contributed by atoms with Crippen molar-refractivity contribution in [3.63, 3.8) is 0 Å². The Morgan fingerprint density at radius 1 is 1.08 bits per heavy atom. The van der Waals surface area contributed by atoms with Crippen LogP contribution in [-0.4, -0.2) is 21.2 Å². The lowest BCUT2D eigenvalue weighted by atomic mass is 10.1. The lowest BCUT2D eigenvalue weighted by molar-refractivity contribution is 0.251. The molecular weight excluding hydrogens is 334 g/mol. The van der Waals surface area contributed by atoms with Gasteiger partial charge < -0.3 is 10.6 Å². The zero-order valence-electron chi connectivity index (χ0n) is 13.2. The summed E-state index contributed by atoms with van der Waals surface area (Å²) in [5.74, 6) is 1.25. The topological polar surface area (TPSA) is 82.7 Å². The summed E-state index contributed by atoms with van der Waals surface area (Å²) in [5.41, 5.74) is 0.771. The Balaban J connectivity index is 1.41. The summed E-state index contributed by atoms with van der Waals surface area (Å²) >= 11 is 1.57. The molecule has 0 unspecified atom stereocenters. The van der Waals surface area contributed by atoms with Gasteiger partial charge in [0.2, 0.25) is 0 Å². The molecule has 2 aromatic heterocycles. The van der Waals surface area contributed by atoms with E-state index in [4.69, 9.17) is 0 Å². The molecule has 0 aliphatic rings. The first-order chi connectivity index (χ1) is 12.3. The third-order valence-corrected chi connectivity index (χ3v) is 4.59. The number of hydrogen-bond acceptors (Lipinski definition) is 4. The van der Waals surface area contributed by atoms with Crippen LogP contribution in [0.3, 0.4) is 0 Å². The van der Waals surface area contributed by atoms with Gasteiger partial charge in [0.25, 0.3) is 0 Å². The van der Waals surface area contributed by atoms with Gasteiger partial charge in [-0.15, -0.1) is 11.3 Å². The Bertz CT molecular complexity index is 1000. The largest absolute Gasteiger partial charge is 0.331 e. The van der Waals surface area contributed by atoms with Crippen molar-refractivity contribution >= 4 is 33.8 Å². The molecule has 2 heterocycles. The highest BCUT2D eigenvalue weighted by Gasteiger charge is 2.09. The van der Waals surface area contributed by atoms with Crippen molar-refractivity contribution in [2.75, 3.05) is 5.32 Å². The van der Waals surface area contributed by atoms with Gasteiger partial charge in [0.05, 0.1) is 17.1 Å². The lowest BCUT2D eigenvalue weighted by Crippen LogP contribution is -2.28.